The van der Waals surface area contributed by atoms with Crippen LogP contribution >= 0.6 is 11.6 Å². The summed E-state index contributed by atoms with van der Waals surface area (Å²) in [6, 6.07) is 7.96. The van der Waals surface area contributed by atoms with E-state index in [-0.39, 0.29) is 5.60 Å². The molecule has 4 saturated carbocycles. The molecule has 10 atom stereocenters. The number of benzene rings is 1. The van der Waals surface area contributed by atoms with Crippen LogP contribution in [0.25, 0.3) is 0 Å². The van der Waals surface area contributed by atoms with Crippen LogP contribution in [-0.2, 0) is 4.74 Å². The smallest absolute Gasteiger partial charge is 0.155 e. The second kappa shape index (κ2) is 9.59. The second-order valence-electron chi connectivity index (χ2n) is 14.8. The van der Waals surface area contributed by atoms with E-state index in [0.717, 1.165) is 58.4 Å². The molecule has 0 spiro atoms. The molecule has 6 rings (SSSR count). The Bertz CT molecular complexity index is 1070. The zero-order valence-corrected chi connectivity index (χ0v) is 24.7. The van der Waals surface area contributed by atoms with Crippen LogP contribution in [0.15, 0.2) is 24.3 Å². The molecule has 4 aliphatic carbocycles. The third-order valence-electron chi connectivity index (χ3n) is 12.5. The zero-order valence-electron chi connectivity index (χ0n) is 24.0. The molecular weight excluding hydrogens is 472 g/mol. The Labute approximate surface area is 231 Å². The second-order valence-corrected chi connectivity index (χ2v) is 15.2. The Morgan fingerprint density at radius 2 is 1.73 bits per heavy atom. The SMILES string of the molecule is CC(C)CCC[C@@H](C)[C@H]1CC[C@H]2[C@@H]3CC[C@H]4C[C@]5(C#Cc6ccccc6Cl)O[C@@H]5C[C@]4(C)[C@H]3CC[C@]12C. The van der Waals surface area contributed by atoms with Gasteiger partial charge < -0.3 is 4.74 Å². The third-order valence-corrected chi connectivity index (χ3v) is 12.9. The molecule has 0 amide bonds. The van der Waals surface area contributed by atoms with E-state index in [0.29, 0.717) is 16.9 Å². The molecule has 1 saturated heterocycles. The van der Waals surface area contributed by atoms with Crippen LogP contribution in [0, 0.1) is 64.1 Å². The molecule has 0 N–H and O–H groups in total. The minimum Gasteiger partial charge on any atom is -0.352 e. The van der Waals surface area contributed by atoms with E-state index >= 15 is 0 Å². The first kappa shape index (κ1) is 26.3. The number of fused-ring (bicyclic) bond motifs is 6. The number of halogens is 1. The summed E-state index contributed by atoms with van der Waals surface area (Å²) in [5.41, 5.74) is 1.74. The fraction of sp³-hybridized carbons (Fsp3) is 0.771. The number of hydrogen-bond acceptors (Lipinski definition) is 1. The van der Waals surface area contributed by atoms with Gasteiger partial charge in [-0.05, 0) is 116 Å². The van der Waals surface area contributed by atoms with Crippen molar-refractivity contribution in [1.82, 2.24) is 0 Å². The fourth-order valence-electron chi connectivity index (χ4n) is 10.5. The molecule has 1 aliphatic heterocycles. The molecule has 0 radical (unpaired) electrons. The van der Waals surface area contributed by atoms with Crippen molar-refractivity contribution < 1.29 is 4.74 Å². The lowest BCUT2D eigenvalue weighted by Crippen LogP contribution is -2.54. The predicted molar refractivity (Wildman–Crippen MR) is 154 cm³/mol. The van der Waals surface area contributed by atoms with Gasteiger partial charge in [-0.1, -0.05) is 89.5 Å². The van der Waals surface area contributed by atoms with Crippen molar-refractivity contribution in [3.63, 3.8) is 0 Å². The molecule has 1 aromatic rings. The van der Waals surface area contributed by atoms with Gasteiger partial charge in [-0.25, -0.2) is 0 Å². The van der Waals surface area contributed by atoms with E-state index in [1.54, 1.807) is 0 Å². The van der Waals surface area contributed by atoms with Crippen LogP contribution in [0.3, 0.4) is 0 Å². The van der Waals surface area contributed by atoms with Crippen molar-refractivity contribution in [1.29, 1.82) is 0 Å². The highest BCUT2D eigenvalue weighted by molar-refractivity contribution is 6.31. The van der Waals surface area contributed by atoms with E-state index in [9.17, 15) is 0 Å². The van der Waals surface area contributed by atoms with E-state index in [1.165, 1.54) is 64.2 Å². The van der Waals surface area contributed by atoms with Crippen LogP contribution in [0.1, 0.15) is 111 Å². The lowest BCUT2D eigenvalue weighted by Gasteiger charge is -2.60. The van der Waals surface area contributed by atoms with Crippen molar-refractivity contribution >= 4 is 11.6 Å². The zero-order chi connectivity index (χ0) is 26.0. The minimum atomic E-state index is -0.205. The number of epoxide rings is 1. The Hall–Kier alpha value is -0.970. The Balaban J connectivity index is 1.15. The third kappa shape index (κ3) is 4.42. The van der Waals surface area contributed by atoms with Crippen LogP contribution < -0.4 is 0 Å². The topological polar surface area (TPSA) is 12.5 Å². The fourth-order valence-corrected chi connectivity index (χ4v) is 10.7. The average molecular weight is 521 g/mol. The van der Waals surface area contributed by atoms with Crippen molar-refractivity contribution in [2.24, 2.45) is 52.3 Å². The van der Waals surface area contributed by atoms with E-state index < -0.39 is 0 Å². The molecule has 202 valence electrons. The number of rotatable bonds is 5. The van der Waals surface area contributed by atoms with E-state index in [4.69, 9.17) is 16.3 Å². The van der Waals surface area contributed by atoms with Gasteiger partial charge in [0.25, 0.3) is 0 Å². The standard InChI is InChI=1S/C35H49ClO/c1-23(2)9-8-10-24(3)28-15-16-29-27-14-13-26-21-35(20-17-25-11-6-7-12-31(25)36)32(37-35)22-34(26,5)30(27)18-19-33(28,29)4/h6-7,11-12,23-24,26-30,32H,8-10,13-16,18-19,21-22H2,1-5H3/t24-,26+,27+,28-,29+,30+,32-,33-,34+,35+/m1/s1. The van der Waals surface area contributed by atoms with Gasteiger partial charge in [0.2, 0.25) is 0 Å². The Morgan fingerprint density at radius 1 is 0.946 bits per heavy atom. The highest BCUT2D eigenvalue weighted by Gasteiger charge is 2.68. The van der Waals surface area contributed by atoms with Gasteiger partial charge in [0, 0.05) is 5.56 Å². The minimum absolute atomic E-state index is 0.205. The maximum atomic E-state index is 6.46. The van der Waals surface area contributed by atoms with Gasteiger partial charge in [-0.2, -0.15) is 0 Å². The lowest BCUT2D eigenvalue weighted by atomic mass is 9.44. The highest BCUT2D eigenvalue weighted by atomic mass is 35.5. The molecule has 37 heavy (non-hydrogen) atoms. The summed E-state index contributed by atoms with van der Waals surface area (Å²) in [4.78, 5) is 0. The molecule has 5 fully saturated rings. The molecule has 1 aromatic carbocycles. The molecular formula is C35H49ClO. The first-order chi connectivity index (χ1) is 17.7. The summed E-state index contributed by atoms with van der Waals surface area (Å²) >= 11 is 6.39. The van der Waals surface area contributed by atoms with Gasteiger partial charge in [0.1, 0.15) is 6.10 Å². The summed E-state index contributed by atoms with van der Waals surface area (Å²) in [5.74, 6) is 13.2. The average Bonchev–Trinajstić information content (AvgIpc) is 3.41. The molecule has 0 aromatic heterocycles. The quantitative estimate of drug-likeness (QED) is 0.278. The van der Waals surface area contributed by atoms with Gasteiger partial charge in [-0.15, -0.1) is 0 Å². The van der Waals surface area contributed by atoms with Gasteiger partial charge in [0.15, 0.2) is 5.60 Å². The summed E-state index contributed by atoms with van der Waals surface area (Å²) in [6.07, 6.45) is 15.6. The Kier molecular flexibility index (Phi) is 6.81. The molecule has 1 nitrogen and oxygen atoms in total. The van der Waals surface area contributed by atoms with Gasteiger partial charge in [0.05, 0.1) is 5.02 Å². The molecule has 1 heterocycles. The van der Waals surface area contributed by atoms with Crippen LogP contribution in [0.2, 0.25) is 5.02 Å². The van der Waals surface area contributed by atoms with Crippen molar-refractivity contribution in [3.8, 4) is 11.8 Å². The molecule has 5 aliphatic rings. The monoisotopic (exact) mass is 520 g/mol. The normalized spacial score (nSPS) is 44.6. The van der Waals surface area contributed by atoms with Crippen LogP contribution in [-0.4, -0.2) is 11.7 Å². The lowest BCUT2D eigenvalue weighted by molar-refractivity contribution is -0.112. The van der Waals surface area contributed by atoms with Crippen LogP contribution in [0.4, 0.5) is 0 Å². The maximum Gasteiger partial charge on any atom is 0.155 e. The highest BCUT2D eigenvalue weighted by Crippen LogP contribution is 2.71. The Morgan fingerprint density at radius 3 is 2.51 bits per heavy atom. The van der Waals surface area contributed by atoms with Crippen LogP contribution in [0.5, 0.6) is 0 Å². The van der Waals surface area contributed by atoms with Gasteiger partial charge >= 0.3 is 0 Å². The summed E-state index contributed by atoms with van der Waals surface area (Å²) < 4.78 is 6.46. The molecule has 0 unspecified atom stereocenters. The van der Waals surface area contributed by atoms with E-state index in [2.05, 4.69) is 46.5 Å². The molecule has 0 bridgehead atoms. The van der Waals surface area contributed by atoms with Crippen molar-refractivity contribution in [3.05, 3.63) is 34.9 Å². The number of hydrogen-bond donors (Lipinski definition) is 0. The largest absolute Gasteiger partial charge is 0.352 e. The molecule has 2 heteroatoms. The number of ether oxygens (including phenoxy) is 1. The van der Waals surface area contributed by atoms with Crippen molar-refractivity contribution in [2.75, 3.05) is 0 Å². The summed E-state index contributed by atoms with van der Waals surface area (Å²) in [5, 5.41) is 0.749. The van der Waals surface area contributed by atoms with Crippen molar-refractivity contribution in [2.45, 2.75) is 117 Å². The maximum absolute atomic E-state index is 6.46. The van der Waals surface area contributed by atoms with E-state index in [1.807, 2.05) is 24.3 Å². The first-order valence-electron chi connectivity index (χ1n) is 15.6. The summed E-state index contributed by atoms with van der Waals surface area (Å²) in [6.45, 7) is 12.7. The summed E-state index contributed by atoms with van der Waals surface area (Å²) in [7, 11) is 0. The van der Waals surface area contributed by atoms with Gasteiger partial charge in [-0.3, -0.25) is 0 Å². The predicted octanol–water partition coefficient (Wildman–Crippen LogP) is 9.56. The first-order valence-corrected chi connectivity index (χ1v) is 16.0.